The molecule has 2 amide bonds. The summed E-state index contributed by atoms with van der Waals surface area (Å²) in [5.74, 6) is 1.73. The molecule has 2 atom stereocenters. The first-order valence-corrected chi connectivity index (χ1v) is 7.71. The summed E-state index contributed by atoms with van der Waals surface area (Å²) in [6, 6.07) is 9.42. The molecule has 0 saturated carbocycles. The predicted octanol–water partition coefficient (Wildman–Crippen LogP) is 2.13. The Morgan fingerprint density at radius 2 is 2.13 bits per heavy atom. The van der Waals surface area contributed by atoms with E-state index in [2.05, 4.69) is 11.2 Å². The number of hydrogen-bond donors (Lipinski definition) is 2. The lowest BCUT2D eigenvalue weighted by atomic mass is 9.90. The minimum atomic E-state index is -0.864. The van der Waals surface area contributed by atoms with E-state index in [1.165, 1.54) is 0 Å². The molecule has 1 heterocycles. The zero-order valence-electron chi connectivity index (χ0n) is 13.3. The van der Waals surface area contributed by atoms with E-state index in [4.69, 9.17) is 6.42 Å². The second kappa shape index (κ2) is 7.19. The van der Waals surface area contributed by atoms with Crippen molar-refractivity contribution >= 4 is 12.0 Å². The molecule has 2 unspecified atom stereocenters. The van der Waals surface area contributed by atoms with Gasteiger partial charge in [0.1, 0.15) is 0 Å². The molecule has 1 aliphatic rings. The fraction of sp³-hybridized carbons (Fsp3) is 0.444. The molecule has 122 valence electrons. The molecular formula is C18H22N2O3. The molecule has 0 radical (unpaired) electrons. The highest BCUT2D eigenvalue weighted by molar-refractivity contribution is 5.79. The van der Waals surface area contributed by atoms with Crippen LogP contribution in [0, 0.1) is 17.8 Å². The van der Waals surface area contributed by atoms with E-state index < -0.39 is 11.4 Å². The lowest BCUT2D eigenvalue weighted by molar-refractivity contribution is -0.146. The molecule has 1 aromatic carbocycles. The topological polar surface area (TPSA) is 69.6 Å². The number of likely N-dealkylation sites (tertiary alicyclic amines) is 1. The van der Waals surface area contributed by atoms with Crippen LogP contribution in [-0.4, -0.2) is 41.1 Å². The Bertz CT molecular complexity index is 608. The van der Waals surface area contributed by atoms with Crippen molar-refractivity contribution < 1.29 is 14.7 Å². The minimum absolute atomic E-state index is 0.161. The molecule has 0 spiro atoms. The maximum Gasteiger partial charge on any atom is 0.317 e. The van der Waals surface area contributed by atoms with Gasteiger partial charge in [-0.2, -0.15) is 0 Å². The van der Waals surface area contributed by atoms with Gasteiger partial charge >= 0.3 is 12.0 Å². The summed E-state index contributed by atoms with van der Waals surface area (Å²) >= 11 is 0. The predicted molar refractivity (Wildman–Crippen MR) is 87.8 cm³/mol. The fourth-order valence-corrected chi connectivity index (χ4v) is 2.79. The Hall–Kier alpha value is -2.48. The molecule has 2 N–H and O–H groups in total. The van der Waals surface area contributed by atoms with E-state index in [-0.39, 0.29) is 18.6 Å². The number of nitrogens with one attached hydrogen (secondary N) is 1. The van der Waals surface area contributed by atoms with Crippen molar-refractivity contribution in [2.75, 3.05) is 13.1 Å². The molecule has 5 nitrogen and oxygen atoms in total. The standard InChI is InChI=1S/C18H22N2O3/c1-3-7-15(12-14-8-5-4-6-9-14)19-17(23)20-11-10-18(2,13-20)16(21)22/h1,4-6,8-9,15H,7,10-13H2,2H3,(H,19,23)(H,21,22). The number of carboxylic acid groups (broad SMARTS) is 1. The maximum atomic E-state index is 12.4. The van der Waals surface area contributed by atoms with Crippen molar-refractivity contribution in [1.82, 2.24) is 10.2 Å². The molecule has 1 aliphatic heterocycles. The Balaban J connectivity index is 1.96. The van der Waals surface area contributed by atoms with Crippen molar-refractivity contribution in [3.8, 4) is 12.3 Å². The number of carbonyl (C=O) groups excluding carboxylic acids is 1. The first kappa shape index (κ1) is 16.9. The van der Waals surface area contributed by atoms with Crippen LogP contribution < -0.4 is 5.32 Å². The smallest absolute Gasteiger partial charge is 0.317 e. The highest BCUT2D eigenvalue weighted by Crippen LogP contribution is 2.30. The normalized spacial score (nSPS) is 21.5. The molecule has 23 heavy (non-hydrogen) atoms. The van der Waals surface area contributed by atoms with E-state index in [1.54, 1.807) is 11.8 Å². The lowest BCUT2D eigenvalue weighted by Gasteiger charge is -2.24. The van der Waals surface area contributed by atoms with Crippen LogP contribution >= 0.6 is 0 Å². The van der Waals surface area contributed by atoms with Crippen LogP contribution in [0.2, 0.25) is 0 Å². The Kier molecular flexibility index (Phi) is 5.28. The molecule has 2 rings (SSSR count). The van der Waals surface area contributed by atoms with Gasteiger partial charge in [-0.3, -0.25) is 4.79 Å². The van der Waals surface area contributed by atoms with Crippen molar-refractivity contribution in [1.29, 1.82) is 0 Å². The highest BCUT2D eigenvalue weighted by atomic mass is 16.4. The number of rotatable bonds is 5. The number of carbonyl (C=O) groups is 2. The first-order chi connectivity index (χ1) is 10.9. The Morgan fingerprint density at radius 1 is 1.43 bits per heavy atom. The number of hydrogen-bond acceptors (Lipinski definition) is 2. The van der Waals surface area contributed by atoms with Gasteiger partial charge in [0.25, 0.3) is 0 Å². The van der Waals surface area contributed by atoms with Crippen molar-refractivity contribution in [3.05, 3.63) is 35.9 Å². The number of aliphatic carboxylic acids is 1. The van der Waals surface area contributed by atoms with Gasteiger partial charge in [0.05, 0.1) is 5.41 Å². The third-order valence-corrected chi connectivity index (χ3v) is 4.29. The average Bonchev–Trinajstić information content (AvgIpc) is 2.93. The number of amides is 2. The van der Waals surface area contributed by atoms with Gasteiger partial charge in [0.2, 0.25) is 0 Å². The molecule has 1 saturated heterocycles. The molecule has 1 aromatic rings. The summed E-state index contributed by atoms with van der Waals surface area (Å²) in [6.45, 7) is 2.34. The zero-order chi connectivity index (χ0) is 16.9. The Labute approximate surface area is 136 Å². The van der Waals surface area contributed by atoms with Crippen LogP contribution in [0.4, 0.5) is 4.79 Å². The quantitative estimate of drug-likeness (QED) is 0.818. The molecule has 1 fully saturated rings. The van der Waals surface area contributed by atoms with Crippen LogP contribution in [0.15, 0.2) is 30.3 Å². The minimum Gasteiger partial charge on any atom is -0.481 e. The van der Waals surface area contributed by atoms with Crippen molar-refractivity contribution in [2.24, 2.45) is 5.41 Å². The maximum absolute atomic E-state index is 12.4. The summed E-state index contributed by atoms with van der Waals surface area (Å²) in [5.41, 5.74) is 0.239. The van der Waals surface area contributed by atoms with E-state index in [1.807, 2.05) is 30.3 Å². The summed E-state index contributed by atoms with van der Waals surface area (Å²) in [4.78, 5) is 25.2. The van der Waals surface area contributed by atoms with Gasteiger partial charge in [-0.15, -0.1) is 12.3 Å². The molecular weight excluding hydrogens is 292 g/mol. The average molecular weight is 314 g/mol. The lowest BCUT2D eigenvalue weighted by Crippen LogP contribution is -2.45. The van der Waals surface area contributed by atoms with Gasteiger partial charge < -0.3 is 15.3 Å². The number of benzene rings is 1. The summed E-state index contributed by atoms with van der Waals surface area (Å²) in [7, 11) is 0. The largest absolute Gasteiger partial charge is 0.481 e. The van der Waals surface area contributed by atoms with E-state index in [0.29, 0.717) is 25.8 Å². The molecule has 0 aliphatic carbocycles. The van der Waals surface area contributed by atoms with Crippen molar-refractivity contribution in [3.63, 3.8) is 0 Å². The number of carboxylic acids is 1. The van der Waals surface area contributed by atoms with Crippen LogP contribution in [0.5, 0.6) is 0 Å². The van der Waals surface area contributed by atoms with Gasteiger partial charge in [-0.05, 0) is 25.3 Å². The van der Waals surface area contributed by atoms with E-state index in [9.17, 15) is 14.7 Å². The third-order valence-electron chi connectivity index (χ3n) is 4.29. The summed E-state index contributed by atoms with van der Waals surface area (Å²) in [6.07, 6.45) is 6.96. The first-order valence-electron chi connectivity index (χ1n) is 7.71. The number of nitrogens with zero attached hydrogens (tertiary/aromatic N) is 1. The van der Waals surface area contributed by atoms with Crippen LogP contribution in [0.1, 0.15) is 25.3 Å². The molecule has 0 aromatic heterocycles. The van der Waals surface area contributed by atoms with Gasteiger partial charge in [0, 0.05) is 25.6 Å². The summed E-state index contributed by atoms with van der Waals surface area (Å²) < 4.78 is 0. The molecule has 0 bridgehead atoms. The van der Waals surface area contributed by atoms with Crippen LogP contribution in [0.3, 0.4) is 0 Å². The van der Waals surface area contributed by atoms with Crippen LogP contribution in [-0.2, 0) is 11.2 Å². The number of urea groups is 1. The third kappa shape index (κ3) is 4.26. The van der Waals surface area contributed by atoms with Crippen LogP contribution in [0.25, 0.3) is 0 Å². The second-order valence-corrected chi connectivity index (χ2v) is 6.28. The summed E-state index contributed by atoms with van der Waals surface area (Å²) in [5, 5.41) is 12.2. The zero-order valence-corrected chi connectivity index (χ0v) is 13.3. The monoisotopic (exact) mass is 314 g/mol. The van der Waals surface area contributed by atoms with Gasteiger partial charge in [-0.25, -0.2) is 4.79 Å². The number of terminal acetylenes is 1. The fourth-order valence-electron chi connectivity index (χ4n) is 2.79. The van der Waals surface area contributed by atoms with Gasteiger partial charge in [-0.1, -0.05) is 30.3 Å². The Morgan fingerprint density at radius 3 is 2.70 bits per heavy atom. The highest BCUT2D eigenvalue weighted by Gasteiger charge is 2.42. The van der Waals surface area contributed by atoms with E-state index in [0.717, 1.165) is 5.56 Å². The van der Waals surface area contributed by atoms with Gasteiger partial charge in [0.15, 0.2) is 0 Å². The second-order valence-electron chi connectivity index (χ2n) is 6.28. The molecule has 5 heteroatoms. The SMILES string of the molecule is C#CCC(Cc1ccccc1)NC(=O)N1CCC(C)(C(=O)O)C1. The van der Waals surface area contributed by atoms with E-state index >= 15 is 0 Å². The van der Waals surface area contributed by atoms with Crippen molar-refractivity contribution in [2.45, 2.75) is 32.2 Å².